The molecule has 11 N–H and O–H groups in total. The molecule has 4 heterocycles. The van der Waals surface area contributed by atoms with E-state index in [0.29, 0.717) is 55.4 Å². The van der Waals surface area contributed by atoms with Crippen LogP contribution in [-0.4, -0.2) is 71.3 Å². The van der Waals surface area contributed by atoms with Crippen LogP contribution in [0.1, 0.15) is 75.6 Å². The fourth-order valence-electron chi connectivity index (χ4n) is 10.3. The van der Waals surface area contributed by atoms with Crippen molar-refractivity contribution >= 4 is 115 Å². The minimum atomic E-state index is -4.65. The molecule has 0 saturated carbocycles. The van der Waals surface area contributed by atoms with E-state index in [1.165, 1.54) is 69.7 Å². The number of nitrogen functional groups attached to an aromatic ring is 1. The summed E-state index contributed by atoms with van der Waals surface area (Å²) in [5.41, 5.74) is 10.7. The number of nitrogens with zero attached hydrogens (tertiary/aromatic N) is 3. The second kappa shape index (κ2) is 29.8. The molecule has 0 saturated heterocycles. The predicted octanol–water partition coefficient (Wildman–Crippen LogP) is 13.9. The summed E-state index contributed by atoms with van der Waals surface area (Å²) >= 11 is 5.67. The number of hydrogen-bond acceptors (Lipinski definition) is 15. The summed E-state index contributed by atoms with van der Waals surface area (Å²) in [4.78, 5) is 81.4. The zero-order valence-corrected chi connectivity index (χ0v) is 52.0. The van der Waals surface area contributed by atoms with E-state index in [1.54, 1.807) is 66.7 Å². The highest BCUT2D eigenvalue weighted by Gasteiger charge is 2.37. The summed E-state index contributed by atoms with van der Waals surface area (Å²) in [6, 6.07) is 38.5. The number of para-hydroxylation sites is 3. The van der Waals surface area contributed by atoms with Gasteiger partial charge in [-0.05, 0) is 113 Å². The normalized spacial score (nSPS) is 12.7. The molecule has 3 aromatic heterocycles. The van der Waals surface area contributed by atoms with E-state index in [1.807, 2.05) is 24.3 Å². The Bertz CT molecular complexity index is 4320. The number of pyridine rings is 3. The Morgan fingerprint density at radius 3 is 1.19 bits per heavy atom. The number of halogens is 10. The second-order valence-electron chi connectivity index (χ2n) is 21.7. The Morgan fingerprint density at radius 1 is 0.423 bits per heavy atom. The minimum absolute atomic E-state index is 0.0469. The van der Waals surface area contributed by atoms with Crippen LogP contribution >= 0.6 is 11.6 Å². The smallest absolute Gasteiger partial charge is 0.399 e. The number of aromatic nitrogens is 3. The van der Waals surface area contributed by atoms with Crippen LogP contribution in [-0.2, 0) is 65.0 Å². The van der Waals surface area contributed by atoms with Gasteiger partial charge >= 0.3 is 18.5 Å². The third kappa shape index (κ3) is 17.8. The van der Waals surface area contributed by atoms with Crippen LogP contribution < -0.4 is 53.6 Å². The lowest BCUT2D eigenvalue weighted by atomic mass is 10.1. The van der Waals surface area contributed by atoms with Crippen LogP contribution in [0.3, 0.4) is 0 Å². The van der Waals surface area contributed by atoms with Crippen molar-refractivity contribution in [3.8, 4) is 0 Å². The van der Waals surface area contributed by atoms with Crippen LogP contribution in [0.25, 0.3) is 0 Å². The maximum Gasteiger partial charge on any atom is 0.419 e. The molecule has 500 valence electrons. The average molecular weight is 1360 g/mol. The number of carbonyl (C=O) groups excluding carboxylic acids is 6. The molecular formula is C68H57ClF9N13O6. The van der Waals surface area contributed by atoms with Crippen molar-refractivity contribution in [1.29, 1.82) is 0 Å². The lowest BCUT2D eigenvalue weighted by molar-refractivity contribution is -0.138. The Hall–Kier alpha value is -11.6. The summed E-state index contributed by atoms with van der Waals surface area (Å²) in [7, 11) is 4.32. The van der Waals surface area contributed by atoms with Crippen molar-refractivity contribution < 1.29 is 68.3 Å². The molecule has 12 rings (SSSR count). The number of Topliss-reactive ketones (excluding diaryl/α,β-unsaturated/α-hetero) is 2. The monoisotopic (exact) mass is 1360 g/mol. The van der Waals surface area contributed by atoms with Gasteiger partial charge in [0, 0.05) is 100 Å². The van der Waals surface area contributed by atoms with Gasteiger partial charge in [-0.1, -0.05) is 60.1 Å². The first-order valence-corrected chi connectivity index (χ1v) is 29.6. The number of amides is 4. The van der Waals surface area contributed by atoms with Crippen molar-refractivity contribution in [1.82, 2.24) is 30.9 Å². The van der Waals surface area contributed by atoms with Crippen LogP contribution in [0.5, 0.6) is 0 Å². The van der Waals surface area contributed by atoms with Gasteiger partial charge in [0.2, 0.25) is 5.91 Å². The predicted molar refractivity (Wildman–Crippen MR) is 350 cm³/mol. The average Bonchev–Trinajstić information content (AvgIpc) is 1.66. The molecule has 29 heteroatoms. The van der Waals surface area contributed by atoms with Gasteiger partial charge in [0.25, 0.3) is 17.7 Å². The van der Waals surface area contributed by atoms with Crippen molar-refractivity contribution in [2.45, 2.75) is 50.6 Å². The van der Waals surface area contributed by atoms with Crippen molar-refractivity contribution in [3.05, 3.63) is 231 Å². The fraction of sp³-hybridized carbons (Fsp3) is 0.162. The molecule has 0 fully saturated rings. The first kappa shape index (κ1) is 69.8. The van der Waals surface area contributed by atoms with Gasteiger partial charge in [0.15, 0.2) is 0 Å². The van der Waals surface area contributed by atoms with E-state index in [4.69, 9.17) is 17.3 Å². The molecule has 6 aromatic carbocycles. The number of hydrogen-bond donors (Lipinski definition) is 10. The van der Waals surface area contributed by atoms with Gasteiger partial charge in [-0.3, -0.25) is 28.8 Å². The summed E-state index contributed by atoms with van der Waals surface area (Å²) in [6.45, 7) is 0. The lowest BCUT2D eigenvalue weighted by Gasteiger charge is -2.18. The molecule has 0 spiro atoms. The van der Waals surface area contributed by atoms with Gasteiger partial charge in [0.1, 0.15) is 28.4 Å². The number of fused-ring (bicyclic) bond motifs is 3. The van der Waals surface area contributed by atoms with Gasteiger partial charge in [0.05, 0.1) is 73.9 Å². The molecule has 0 atom stereocenters. The molecule has 0 unspecified atom stereocenters. The van der Waals surface area contributed by atoms with E-state index in [-0.39, 0.29) is 85.1 Å². The fourth-order valence-corrected chi connectivity index (χ4v) is 10.4. The molecule has 1 aliphatic heterocycles. The number of ketones is 2. The molecule has 4 amide bonds. The molecular weight excluding hydrogens is 1300 g/mol. The van der Waals surface area contributed by atoms with E-state index >= 15 is 0 Å². The van der Waals surface area contributed by atoms with E-state index in [9.17, 15) is 68.3 Å². The van der Waals surface area contributed by atoms with Crippen LogP contribution in [0.15, 0.2) is 164 Å². The highest BCUT2D eigenvalue weighted by Crippen LogP contribution is 2.41. The van der Waals surface area contributed by atoms with Crippen LogP contribution in [0, 0.1) is 0 Å². The standard InChI is InChI=1S/2C23H19F3N4O2.C14H11ClF3N3O.C8H8N2O/c2*1-27-22(32)17-4-2-3-5-19(17)30-20-11-21(28-12-18(20)23(24,25)26)29-15-7-6-13-9-16(31)10-14(13)8-15;1-19-13(22)8-4-2-3-5-10(8)21-11-6-12(15)20-7-9(11)14(16,17)18;9-6-1-2-7-5(3-6)4-8(11)10-7/h2*2-8,11-12H,9-10H2,1H3,(H,27,32)(H2,28,29,30);2-7H,1H3,(H,19,22)(H,20,21);1-3H,4,9H2,(H,10,11). The number of nitrogens with one attached hydrogen (secondary N) is 9. The van der Waals surface area contributed by atoms with Crippen molar-refractivity contribution in [3.63, 3.8) is 0 Å². The topological polar surface area (TPSA) is 275 Å². The number of benzene rings is 6. The van der Waals surface area contributed by atoms with Gasteiger partial charge in [-0.25, -0.2) is 15.0 Å². The SMILES string of the molecule is CNC(=O)c1ccccc1Nc1cc(Cl)ncc1C(F)(F)F.CNC(=O)c1ccccc1Nc1cc(Nc2ccc3c(c2)CC(=O)C3)ncc1C(F)(F)F.CNC(=O)c1ccccc1Nc1cc(Nc2ccc3c(c2)CC(=O)C3)ncc1C(F)(F)F.Nc1ccc2c(c1)CC(=O)N2. The zero-order chi connectivity index (χ0) is 69.9. The van der Waals surface area contributed by atoms with Gasteiger partial charge in [-0.2, -0.15) is 39.5 Å². The molecule has 0 bridgehead atoms. The Labute approximate surface area is 552 Å². The van der Waals surface area contributed by atoms with Crippen LogP contribution in [0.4, 0.5) is 108 Å². The minimum Gasteiger partial charge on any atom is -0.399 e. The molecule has 9 aromatic rings. The summed E-state index contributed by atoms with van der Waals surface area (Å²) in [5, 5.41) is 24.1. The first-order valence-electron chi connectivity index (χ1n) is 29.2. The summed E-state index contributed by atoms with van der Waals surface area (Å²) in [5.74, 6) is -0.604. The Balaban J connectivity index is 0.000000160. The van der Waals surface area contributed by atoms with Gasteiger partial charge < -0.3 is 53.6 Å². The quantitative estimate of drug-likeness (QED) is 0.0292. The van der Waals surface area contributed by atoms with Crippen LogP contribution in [0.2, 0.25) is 5.15 Å². The summed E-state index contributed by atoms with van der Waals surface area (Å²) in [6.07, 6.45) is -9.83. The number of rotatable bonds is 13. The lowest BCUT2D eigenvalue weighted by Crippen LogP contribution is -2.19. The largest absolute Gasteiger partial charge is 0.419 e. The Kier molecular flexibility index (Phi) is 21.4. The second-order valence-corrected chi connectivity index (χ2v) is 22.1. The molecule has 2 aliphatic carbocycles. The van der Waals surface area contributed by atoms with Crippen molar-refractivity contribution in [2.24, 2.45) is 0 Å². The molecule has 97 heavy (non-hydrogen) atoms. The van der Waals surface area contributed by atoms with Crippen molar-refractivity contribution in [2.75, 3.05) is 58.8 Å². The zero-order valence-electron chi connectivity index (χ0n) is 51.3. The first-order chi connectivity index (χ1) is 46.1. The third-order valence-corrected chi connectivity index (χ3v) is 15.1. The maximum atomic E-state index is 13.6. The summed E-state index contributed by atoms with van der Waals surface area (Å²) < 4.78 is 121. The molecule has 3 aliphatic rings. The molecule has 19 nitrogen and oxygen atoms in total. The Morgan fingerprint density at radius 2 is 0.794 bits per heavy atom. The highest BCUT2D eigenvalue weighted by molar-refractivity contribution is 6.29. The third-order valence-electron chi connectivity index (χ3n) is 14.9. The maximum absolute atomic E-state index is 13.6. The van der Waals surface area contributed by atoms with E-state index in [0.717, 1.165) is 52.0 Å². The van der Waals surface area contributed by atoms with E-state index in [2.05, 4.69) is 62.8 Å². The number of carbonyl (C=O) groups is 6. The highest BCUT2D eigenvalue weighted by atomic mass is 35.5. The number of nitrogens with two attached hydrogens (primary N) is 1. The number of alkyl halides is 9. The van der Waals surface area contributed by atoms with Gasteiger partial charge in [-0.15, -0.1) is 0 Å². The molecule has 0 radical (unpaired) electrons. The number of anilines is 12. The van der Waals surface area contributed by atoms with E-state index < -0.39 is 52.9 Å².